The molecule has 0 aromatic heterocycles. The molecule has 1 fully saturated rings. The van der Waals surface area contributed by atoms with Gasteiger partial charge in [0.1, 0.15) is 5.69 Å². The number of hydrogen-bond acceptors (Lipinski definition) is 5. The fourth-order valence-electron chi connectivity index (χ4n) is 2.52. The highest BCUT2D eigenvalue weighted by Crippen LogP contribution is 2.31. The molecule has 0 amide bonds. The van der Waals surface area contributed by atoms with Gasteiger partial charge in [-0.1, -0.05) is 0 Å². The van der Waals surface area contributed by atoms with Crippen LogP contribution in [0.3, 0.4) is 0 Å². The second-order valence-corrected chi connectivity index (χ2v) is 7.49. The van der Waals surface area contributed by atoms with Gasteiger partial charge in [-0.05, 0) is 12.1 Å². The molecule has 1 aliphatic heterocycles. The van der Waals surface area contributed by atoms with Crippen molar-refractivity contribution in [2.24, 2.45) is 0 Å². The second kappa shape index (κ2) is 5.98. The highest BCUT2D eigenvalue weighted by atomic mass is 32.2. The number of nitro groups is 1. The maximum Gasteiger partial charge on any atom is 0.293 e. The molecule has 0 saturated carbocycles. The first-order valence-electron chi connectivity index (χ1n) is 6.84. The molecule has 21 heavy (non-hydrogen) atoms. The van der Waals surface area contributed by atoms with Crippen molar-refractivity contribution < 1.29 is 18.2 Å². The Labute approximate surface area is 124 Å². The van der Waals surface area contributed by atoms with Crippen molar-refractivity contribution in [2.75, 3.05) is 44.4 Å². The molecule has 0 bridgehead atoms. The lowest BCUT2D eigenvalue weighted by molar-refractivity contribution is -0.876. The molecule has 1 aliphatic rings. The lowest BCUT2D eigenvalue weighted by Gasteiger charge is -2.21. The van der Waals surface area contributed by atoms with Crippen LogP contribution in [0.2, 0.25) is 0 Å². The summed E-state index contributed by atoms with van der Waals surface area (Å²) in [5, 5.41) is 11.3. The van der Waals surface area contributed by atoms with E-state index in [1.807, 2.05) is 4.90 Å². The monoisotopic (exact) mass is 314 g/mol. The standard InChI is InChI=1S/C13H19N3O4S/c1-14-6-3-7-15(9-8-14)12-5-4-11(21(2,19)20)10-13(12)16(17)18/h4-5,10H,3,6-9H2,1-2H3/p+1. The van der Waals surface area contributed by atoms with Gasteiger partial charge in [0.2, 0.25) is 0 Å². The van der Waals surface area contributed by atoms with E-state index in [9.17, 15) is 18.5 Å². The van der Waals surface area contributed by atoms with E-state index in [1.165, 1.54) is 11.0 Å². The lowest BCUT2D eigenvalue weighted by Crippen LogP contribution is -3.09. The first kappa shape index (κ1) is 15.7. The SMILES string of the molecule is C[NH+]1CCCN(c2ccc(S(C)(=O)=O)cc2[N+](=O)[O-])CC1. The Kier molecular flexibility index (Phi) is 4.48. The van der Waals surface area contributed by atoms with Crippen LogP contribution in [0, 0.1) is 10.1 Å². The van der Waals surface area contributed by atoms with E-state index < -0.39 is 14.8 Å². The molecule has 0 aliphatic carbocycles. The molecule has 2 rings (SSSR count). The number of nitrogens with zero attached hydrogens (tertiary/aromatic N) is 2. The van der Waals surface area contributed by atoms with Crippen LogP contribution in [0.4, 0.5) is 11.4 Å². The van der Waals surface area contributed by atoms with Gasteiger partial charge in [-0.25, -0.2) is 8.42 Å². The average Bonchev–Trinajstić information content (AvgIpc) is 2.61. The Morgan fingerprint density at radius 3 is 2.62 bits per heavy atom. The Morgan fingerprint density at radius 2 is 2.00 bits per heavy atom. The van der Waals surface area contributed by atoms with Crippen molar-refractivity contribution >= 4 is 21.2 Å². The quantitative estimate of drug-likeness (QED) is 0.613. The van der Waals surface area contributed by atoms with Crippen LogP contribution in [-0.2, 0) is 9.84 Å². The third-order valence-electron chi connectivity index (χ3n) is 3.75. The number of likely N-dealkylation sites (N-methyl/N-ethyl adjacent to an activating group) is 1. The number of sulfone groups is 1. The third-order valence-corrected chi connectivity index (χ3v) is 4.86. The number of anilines is 1. The van der Waals surface area contributed by atoms with Crippen LogP contribution >= 0.6 is 0 Å². The van der Waals surface area contributed by atoms with Crippen LogP contribution < -0.4 is 9.80 Å². The zero-order valence-electron chi connectivity index (χ0n) is 12.2. The van der Waals surface area contributed by atoms with Gasteiger partial charge in [-0.15, -0.1) is 0 Å². The van der Waals surface area contributed by atoms with Crippen LogP contribution in [0.25, 0.3) is 0 Å². The summed E-state index contributed by atoms with van der Waals surface area (Å²) in [5.74, 6) is 0. The summed E-state index contributed by atoms with van der Waals surface area (Å²) in [5.41, 5.74) is 0.361. The van der Waals surface area contributed by atoms with Gasteiger partial charge in [-0.3, -0.25) is 10.1 Å². The summed E-state index contributed by atoms with van der Waals surface area (Å²) in [7, 11) is -1.35. The van der Waals surface area contributed by atoms with Crippen molar-refractivity contribution in [1.82, 2.24) is 0 Å². The minimum Gasteiger partial charge on any atom is -0.360 e. The highest BCUT2D eigenvalue weighted by Gasteiger charge is 2.24. The van der Waals surface area contributed by atoms with E-state index in [0.717, 1.165) is 44.9 Å². The van der Waals surface area contributed by atoms with Gasteiger partial charge >= 0.3 is 0 Å². The fraction of sp³-hybridized carbons (Fsp3) is 0.538. The molecule has 116 valence electrons. The maximum atomic E-state index is 11.6. The first-order chi connectivity index (χ1) is 9.79. The summed E-state index contributed by atoms with van der Waals surface area (Å²) < 4.78 is 23.1. The molecule has 1 aromatic carbocycles. The Bertz CT molecular complexity index is 645. The molecule has 1 N–H and O–H groups in total. The van der Waals surface area contributed by atoms with Gasteiger partial charge in [0, 0.05) is 25.3 Å². The smallest absolute Gasteiger partial charge is 0.293 e. The second-order valence-electron chi connectivity index (χ2n) is 5.48. The van der Waals surface area contributed by atoms with Gasteiger partial charge < -0.3 is 9.80 Å². The number of hydrogen-bond donors (Lipinski definition) is 1. The first-order valence-corrected chi connectivity index (χ1v) is 8.73. The molecule has 7 nitrogen and oxygen atoms in total. The molecule has 0 radical (unpaired) electrons. The van der Waals surface area contributed by atoms with E-state index >= 15 is 0 Å². The number of nitrogens with one attached hydrogen (secondary N) is 1. The Hall–Kier alpha value is -1.67. The van der Waals surface area contributed by atoms with Crippen molar-refractivity contribution in [3.8, 4) is 0 Å². The van der Waals surface area contributed by atoms with Crippen molar-refractivity contribution in [3.63, 3.8) is 0 Å². The van der Waals surface area contributed by atoms with Crippen LogP contribution in [0.1, 0.15) is 6.42 Å². The molecule has 0 spiro atoms. The van der Waals surface area contributed by atoms with Gasteiger partial charge in [0.15, 0.2) is 9.84 Å². The predicted molar refractivity (Wildman–Crippen MR) is 79.7 cm³/mol. The lowest BCUT2D eigenvalue weighted by atomic mass is 10.2. The minimum absolute atomic E-state index is 0.0180. The summed E-state index contributed by atoms with van der Waals surface area (Å²) >= 11 is 0. The average molecular weight is 314 g/mol. The Balaban J connectivity index is 2.41. The molecule has 1 heterocycles. The summed E-state index contributed by atoms with van der Waals surface area (Å²) in [6.45, 7) is 3.41. The van der Waals surface area contributed by atoms with Crippen LogP contribution in [0.5, 0.6) is 0 Å². The maximum absolute atomic E-state index is 11.6. The zero-order valence-corrected chi connectivity index (χ0v) is 13.0. The van der Waals surface area contributed by atoms with Crippen molar-refractivity contribution in [3.05, 3.63) is 28.3 Å². The summed E-state index contributed by atoms with van der Waals surface area (Å²) in [4.78, 5) is 14.1. The molecule has 1 aromatic rings. The highest BCUT2D eigenvalue weighted by molar-refractivity contribution is 7.90. The predicted octanol–water partition coefficient (Wildman–Crippen LogP) is -0.277. The summed E-state index contributed by atoms with van der Waals surface area (Å²) in [6, 6.07) is 4.15. The van der Waals surface area contributed by atoms with Crippen LogP contribution in [-0.4, -0.2) is 52.8 Å². The van der Waals surface area contributed by atoms with Gasteiger partial charge in [0.25, 0.3) is 5.69 Å². The molecule has 8 heteroatoms. The molecular weight excluding hydrogens is 294 g/mol. The summed E-state index contributed by atoms with van der Waals surface area (Å²) in [6.07, 6.45) is 2.01. The minimum atomic E-state index is -3.45. The number of quaternary nitrogens is 1. The van der Waals surface area contributed by atoms with E-state index in [2.05, 4.69) is 7.05 Å². The fourth-order valence-corrected chi connectivity index (χ4v) is 3.16. The van der Waals surface area contributed by atoms with Crippen molar-refractivity contribution in [1.29, 1.82) is 0 Å². The van der Waals surface area contributed by atoms with Gasteiger partial charge in [0.05, 0.1) is 36.5 Å². The van der Waals surface area contributed by atoms with Crippen LogP contribution in [0.15, 0.2) is 23.1 Å². The van der Waals surface area contributed by atoms with Gasteiger partial charge in [-0.2, -0.15) is 0 Å². The van der Waals surface area contributed by atoms with E-state index in [-0.39, 0.29) is 10.6 Å². The third kappa shape index (κ3) is 3.70. The number of rotatable bonds is 3. The van der Waals surface area contributed by atoms with E-state index in [0.29, 0.717) is 5.69 Å². The molecule has 1 atom stereocenters. The topological polar surface area (TPSA) is 85.0 Å². The number of benzene rings is 1. The molecular formula is C13H20N3O4S+. The Morgan fingerprint density at radius 1 is 1.29 bits per heavy atom. The largest absolute Gasteiger partial charge is 0.360 e. The zero-order chi connectivity index (χ0) is 15.6. The normalized spacial score (nSPS) is 20.1. The van der Waals surface area contributed by atoms with E-state index in [1.54, 1.807) is 6.07 Å². The molecule has 1 saturated heterocycles. The van der Waals surface area contributed by atoms with E-state index in [4.69, 9.17) is 0 Å². The molecule has 1 unspecified atom stereocenters. The van der Waals surface area contributed by atoms with Crippen molar-refractivity contribution in [2.45, 2.75) is 11.3 Å². The number of nitro benzene ring substituents is 1.